The molecule has 25 heavy (non-hydrogen) atoms. The lowest BCUT2D eigenvalue weighted by molar-refractivity contribution is 0.104. The Bertz CT molecular complexity index is 890. The molecule has 0 fully saturated rings. The lowest BCUT2D eigenvalue weighted by Crippen LogP contribution is -2.03. The maximum atomic E-state index is 12.8. The Morgan fingerprint density at radius 2 is 1.76 bits per heavy atom. The van der Waals surface area contributed by atoms with E-state index in [1.165, 1.54) is 24.7 Å². The van der Waals surface area contributed by atoms with E-state index in [4.69, 9.17) is 10.6 Å². The van der Waals surface area contributed by atoms with Gasteiger partial charge in [-0.05, 0) is 12.1 Å². The zero-order chi connectivity index (χ0) is 17.6. The van der Waals surface area contributed by atoms with E-state index in [1.807, 2.05) is 48.5 Å². The van der Waals surface area contributed by atoms with Gasteiger partial charge in [0.2, 0.25) is 5.78 Å². The normalized spacial score (nSPS) is 10.8. The topological polar surface area (TPSA) is 76.7 Å². The lowest BCUT2D eigenvalue weighted by atomic mass is 10.1. The van der Waals surface area contributed by atoms with Crippen LogP contribution in [0.5, 0.6) is 0 Å². The molecule has 3 N–H and O–H groups in total. The number of nitrogens with one attached hydrogen (secondary N) is 1. The van der Waals surface area contributed by atoms with E-state index in [2.05, 4.69) is 10.5 Å². The van der Waals surface area contributed by atoms with Crippen LogP contribution in [-0.2, 0) is 4.84 Å². The van der Waals surface area contributed by atoms with Crippen LogP contribution in [0, 0.1) is 0 Å². The molecule has 3 aromatic rings. The fraction of sp³-hybridized carbons (Fsp3) is 0.0526. The SMILES string of the molecule is CO/N=C\c1c(Nc2ccccc2)sc(C(=O)c2ccccc2)c1N. The summed E-state index contributed by atoms with van der Waals surface area (Å²) in [4.78, 5) is 18.0. The molecule has 0 aliphatic rings. The molecule has 2 aromatic carbocycles. The van der Waals surface area contributed by atoms with Crippen molar-refractivity contribution < 1.29 is 9.63 Å². The third kappa shape index (κ3) is 3.70. The number of oxime groups is 1. The molecular formula is C19H17N3O2S. The standard InChI is InChI=1S/C19H17N3O2S/c1-24-21-12-15-16(20)18(17(23)13-8-4-2-5-9-13)25-19(15)22-14-10-6-3-7-11-14/h2-12,22H,20H2,1H3/b21-12-. The molecule has 0 radical (unpaired) electrons. The zero-order valence-corrected chi connectivity index (χ0v) is 14.4. The number of anilines is 3. The van der Waals surface area contributed by atoms with Crippen LogP contribution in [0.2, 0.25) is 0 Å². The minimum atomic E-state index is -0.115. The third-order valence-electron chi connectivity index (χ3n) is 3.54. The van der Waals surface area contributed by atoms with Crippen molar-refractivity contribution in [3.8, 4) is 0 Å². The molecule has 1 heterocycles. The molecule has 0 amide bonds. The van der Waals surface area contributed by atoms with Gasteiger partial charge in [-0.25, -0.2) is 0 Å². The highest BCUT2D eigenvalue weighted by atomic mass is 32.1. The van der Waals surface area contributed by atoms with Crippen molar-refractivity contribution in [3.63, 3.8) is 0 Å². The summed E-state index contributed by atoms with van der Waals surface area (Å²) in [5.74, 6) is -0.115. The number of hydrogen-bond donors (Lipinski definition) is 2. The van der Waals surface area contributed by atoms with Crippen molar-refractivity contribution in [2.45, 2.75) is 0 Å². The highest BCUT2D eigenvalue weighted by Crippen LogP contribution is 2.37. The third-order valence-corrected chi connectivity index (χ3v) is 4.68. The highest BCUT2D eigenvalue weighted by Gasteiger charge is 2.21. The summed E-state index contributed by atoms with van der Waals surface area (Å²) >= 11 is 1.30. The highest BCUT2D eigenvalue weighted by molar-refractivity contribution is 7.19. The van der Waals surface area contributed by atoms with Gasteiger partial charge in [0.1, 0.15) is 17.0 Å². The minimum Gasteiger partial charge on any atom is -0.399 e. The van der Waals surface area contributed by atoms with E-state index in [0.29, 0.717) is 21.7 Å². The first-order valence-electron chi connectivity index (χ1n) is 7.61. The van der Waals surface area contributed by atoms with Crippen molar-refractivity contribution in [2.75, 3.05) is 18.2 Å². The van der Waals surface area contributed by atoms with E-state index in [-0.39, 0.29) is 5.78 Å². The van der Waals surface area contributed by atoms with Crippen molar-refractivity contribution in [1.82, 2.24) is 0 Å². The molecule has 0 aliphatic carbocycles. The summed E-state index contributed by atoms with van der Waals surface area (Å²) in [6, 6.07) is 18.7. The number of nitrogens with zero attached hydrogens (tertiary/aromatic N) is 1. The maximum Gasteiger partial charge on any atom is 0.205 e. The van der Waals surface area contributed by atoms with Gasteiger partial charge in [-0.15, -0.1) is 11.3 Å². The second kappa shape index (κ2) is 7.63. The summed E-state index contributed by atoms with van der Waals surface area (Å²) in [6.07, 6.45) is 1.51. The smallest absolute Gasteiger partial charge is 0.205 e. The molecule has 0 aliphatic heterocycles. The first-order chi connectivity index (χ1) is 12.2. The molecule has 126 valence electrons. The largest absolute Gasteiger partial charge is 0.399 e. The van der Waals surface area contributed by atoms with E-state index < -0.39 is 0 Å². The van der Waals surface area contributed by atoms with Gasteiger partial charge in [0.15, 0.2) is 0 Å². The fourth-order valence-electron chi connectivity index (χ4n) is 2.32. The molecular weight excluding hydrogens is 334 g/mol. The number of carbonyl (C=O) groups excluding carboxylic acids is 1. The van der Waals surface area contributed by atoms with Gasteiger partial charge in [0.25, 0.3) is 0 Å². The quantitative estimate of drug-likeness (QED) is 0.395. The number of nitrogens with two attached hydrogens (primary N) is 1. The monoisotopic (exact) mass is 351 g/mol. The molecule has 0 saturated carbocycles. The van der Waals surface area contributed by atoms with E-state index in [1.54, 1.807) is 12.1 Å². The van der Waals surface area contributed by atoms with Gasteiger partial charge in [-0.1, -0.05) is 53.7 Å². The van der Waals surface area contributed by atoms with Crippen LogP contribution in [-0.4, -0.2) is 19.1 Å². The Balaban J connectivity index is 2.02. The molecule has 6 heteroatoms. The van der Waals surface area contributed by atoms with E-state index >= 15 is 0 Å². The Morgan fingerprint density at radius 3 is 2.40 bits per heavy atom. The summed E-state index contributed by atoms with van der Waals surface area (Å²) < 4.78 is 0. The number of thiophene rings is 1. The maximum absolute atomic E-state index is 12.8. The molecule has 0 bridgehead atoms. The van der Waals surface area contributed by atoms with Gasteiger partial charge >= 0.3 is 0 Å². The van der Waals surface area contributed by atoms with Crippen LogP contribution < -0.4 is 11.1 Å². The van der Waals surface area contributed by atoms with Crippen LogP contribution in [0.15, 0.2) is 65.8 Å². The minimum absolute atomic E-state index is 0.115. The number of rotatable bonds is 6. The van der Waals surface area contributed by atoms with Crippen LogP contribution in [0.25, 0.3) is 0 Å². The average molecular weight is 351 g/mol. The second-order valence-electron chi connectivity index (χ2n) is 5.19. The Kier molecular flexibility index (Phi) is 5.11. The van der Waals surface area contributed by atoms with Crippen molar-refractivity contribution in [2.24, 2.45) is 5.16 Å². The predicted octanol–water partition coefficient (Wildman–Crippen LogP) is 4.29. The van der Waals surface area contributed by atoms with E-state index in [0.717, 1.165) is 10.7 Å². The van der Waals surface area contributed by atoms with Crippen LogP contribution in [0.3, 0.4) is 0 Å². The van der Waals surface area contributed by atoms with Crippen LogP contribution in [0.4, 0.5) is 16.4 Å². The predicted molar refractivity (Wildman–Crippen MR) is 103 cm³/mol. The number of carbonyl (C=O) groups is 1. The fourth-order valence-corrected chi connectivity index (χ4v) is 3.40. The van der Waals surface area contributed by atoms with Gasteiger partial charge in [0, 0.05) is 11.3 Å². The van der Waals surface area contributed by atoms with Gasteiger partial charge in [-0.3, -0.25) is 4.79 Å². The van der Waals surface area contributed by atoms with Gasteiger partial charge in [-0.2, -0.15) is 0 Å². The first-order valence-corrected chi connectivity index (χ1v) is 8.43. The molecule has 3 rings (SSSR count). The number of hydrogen-bond acceptors (Lipinski definition) is 6. The van der Waals surface area contributed by atoms with Gasteiger partial charge < -0.3 is 15.9 Å². The van der Waals surface area contributed by atoms with E-state index in [9.17, 15) is 4.79 Å². The molecule has 1 aromatic heterocycles. The molecule has 0 spiro atoms. The average Bonchev–Trinajstić information content (AvgIpc) is 2.96. The molecule has 0 unspecified atom stereocenters. The van der Waals surface area contributed by atoms with Crippen molar-refractivity contribution in [1.29, 1.82) is 0 Å². The number of nitrogen functional groups attached to an aromatic ring is 1. The number of ketones is 1. The summed E-state index contributed by atoms with van der Waals surface area (Å²) in [7, 11) is 1.46. The summed E-state index contributed by atoms with van der Waals surface area (Å²) in [6.45, 7) is 0. The Hall–Kier alpha value is -3.12. The number of benzene rings is 2. The van der Waals surface area contributed by atoms with Crippen molar-refractivity contribution in [3.05, 3.63) is 76.7 Å². The van der Waals surface area contributed by atoms with Crippen LogP contribution >= 0.6 is 11.3 Å². The molecule has 0 atom stereocenters. The Morgan fingerprint density at radius 1 is 1.12 bits per heavy atom. The molecule has 0 saturated heterocycles. The summed E-state index contributed by atoms with van der Waals surface area (Å²) in [5, 5.41) is 7.83. The van der Waals surface area contributed by atoms with Crippen LogP contribution in [0.1, 0.15) is 20.8 Å². The summed E-state index contributed by atoms with van der Waals surface area (Å²) in [5.41, 5.74) is 8.75. The Labute approximate surface area is 149 Å². The number of para-hydroxylation sites is 1. The molecule has 5 nitrogen and oxygen atoms in total. The second-order valence-corrected chi connectivity index (χ2v) is 6.21. The first kappa shape index (κ1) is 16.7. The zero-order valence-electron chi connectivity index (χ0n) is 13.6. The van der Waals surface area contributed by atoms with Gasteiger partial charge in [0.05, 0.1) is 17.5 Å². The van der Waals surface area contributed by atoms with Crippen molar-refractivity contribution >= 4 is 39.7 Å². The lowest BCUT2D eigenvalue weighted by Gasteiger charge is -2.04.